The average molecular weight is 476 g/mol. The van der Waals surface area contributed by atoms with Crippen molar-refractivity contribution in [2.45, 2.75) is 39.2 Å². The lowest BCUT2D eigenvalue weighted by Crippen LogP contribution is -2.37. The molecule has 0 aromatic heterocycles. The molecule has 0 saturated carbocycles. The summed E-state index contributed by atoms with van der Waals surface area (Å²) in [5.74, 6) is 0.725. The zero-order valence-electron chi connectivity index (χ0n) is 19.4. The summed E-state index contributed by atoms with van der Waals surface area (Å²) in [7, 11) is -3.29. The number of likely N-dealkylation sites (N-methyl/N-ethyl adjacent to an activating group) is 1. The number of fused-ring (bicyclic) bond motifs is 1. The van der Waals surface area contributed by atoms with Gasteiger partial charge in [-0.1, -0.05) is 25.1 Å². The summed E-state index contributed by atoms with van der Waals surface area (Å²) in [6.07, 6.45) is 2.33. The van der Waals surface area contributed by atoms with Crippen LogP contribution in [0.3, 0.4) is 0 Å². The van der Waals surface area contributed by atoms with Gasteiger partial charge in [-0.3, -0.25) is 9.52 Å². The van der Waals surface area contributed by atoms with E-state index in [2.05, 4.69) is 14.9 Å². The molecular formula is C24H33N3O5S. The minimum Gasteiger partial charge on any atom is -0.490 e. The topological polar surface area (TPSA) is 108 Å². The van der Waals surface area contributed by atoms with Crippen molar-refractivity contribution >= 4 is 27.3 Å². The summed E-state index contributed by atoms with van der Waals surface area (Å²) >= 11 is 0. The maximum atomic E-state index is 11.7. The highest BCUT2D eigenvalue weighted by Gasteiger charge is 2.21. The zero-order valence-corrected chi connectivity index (χ0v) is 20.2. The van der Waals surface area contributed by atoms with E-state index in [1.807, 2.05) is 38.1 Å². The molecule has 180 valence electrons. The van der Waals surface area contributed by atoms with E-state index in [1.165, 1.54) is 0 Å². The van der Waals surface area contributed by atoms with Gasteiger partial charge in [0.05, 0.1) is 11.9 Å². The molecule has 3 rings (SSSR count). The number of anilines is 2. The SMILES string of the molecule is CCN(CCc1ccc(NS(C)(=O)=O)cc1)CC(O)COc1ccc(C)c2c1CCC(=O)N2. The molecule has 33 heavy (non-hydrogen) atoms. The number of sulfonamides is 1. The van der Waals surface area contributed by atoms with Crippen LogP contribution < -0.4 is 14.8 Å². The number of nitrogens with one attached hydrogen (secondary N) is 2. The maximum Gasteiger partial charge on any atom is 0.229 e. The number of benzene rings is 2. The molecule has 1 aliphatic rings. The standard InChI is InChI=1S/C24H33N3O5S/c1-4-27(14-13-18-6-8-19(9-7-18)26-33(3,30)31)15-20(28)16-32-22-11-5-17(2)24-21(22)10-12-23(29)25-24/h5-9,11,20,26,28H,4,10,12-16H2,1-3H3,(H,25,29). The van der Waals surface area contributed by atoms with Gasteiger partial charge in [0, 0.05) is 30.8 Å². The van der Waals surface area contributed by atoms with Crippen molar-refractivity contribution in [3.63, 3.8) is 0 Å². The third kappa shape index (κ3) is 7.45. The Kier molecular flexibility index (Phi) is 8.34. The smallest absolute Gasteiger partial charge is 0.229 e. The number of aliphatic hydroxyl groups is 1. The molecule has 9 heteroatoms. The normalized spacial score (nSPS) is 14.5. The van der Waals surface area contributed by atoms with Gasteiger partial charge in [0.2, 0.25) is 15.9 Å². The highest BCUT2D eigenvalue weighted by atomic mass is 32.2. The Morgan fingerprint density at radius 1 is 1.18 bits per heavy atom. The van der Waals surface area contributed by atoms with Gasteiger partial charge in [0.1, 0.15) is 18.5 Å². The number of rotatable bonds is 11. The molecule has 2 aromatic carbocycles. The number of amides is 1. The molecule has 2 aromatic rings. The number of aryl methyl sites for hydroxylation is 1. The van der Waals surface area contributed by atoms with E-state index < -0.39 is 16.1 Å². The molecule has 1 amide bonds. The van der Waals surface area contributed by atoms with Crippen LogP contribution in [0.25, 0.3) is 0 Å². The minimum absolute atomic E-state index is 0.0164. The van der Waals surface area contributed by atoms with Crippen LogP contribution in [0, 0.1) is 6.92 Å². The highest BCUT2D eigenvalue weighted by molar-refractivity contribution is 7.92. The first-order valence-electron chi connectivity index (χ1n) is 11.2. The highest BCUT2D eigenvalue weighted by Crippen LogP contribution is 2.34. The summed E-state index contributed by atoms with van der Waals surface area (Å²) in [4.78, 5) is 13.9. The summed E-state index contributed by atoms with van der Waals surface area (Å²) in [6, 6.07) is 11.1. The fourth-order valence-electron chi connectivity index (χ4n) is 3.90. The fourth-order valence-corrected chi connectivity index (χ4v) is 4.46. The molecule has 0 radical (unpaired) electrons. The van der Waals surface area contributed by atoms with Crippen LogP contribution in [-0.4, -0.2) is 62.9 Å². The predicted molar refractivity (Wildman–Crippen MR) is 130 cm³/mol. The number of hydrogen-bond acceptors (Lipinski definition) is 6. The van der Waals surface area contributed by atoms with E-state index >= 15 is 0 Å². The largest absolute Gasteiger partial charge is 0.490 e. The van der Waals surface area contributed by atoms with Crippen molar-refractivity contribution in [3.05, 3.63) is 53.1 Å². The number of carbonyl (C=O) groups excluding carboxylic acids is 1. The molecule has 8 nitrogen and oxygen atoms in total. The first-order valence-corrected chi connectivity index (χ1v) is 13.1. The van der Waals surface area contributed by atoms with Crippen LogP contribution in [0.4, 0.5) is 11.4 Å². The lowest BCUT2D eigenvalue weighted by Gasteiger charge is -2.25. The van der Waals surface area contributed by atoms with Gasteiger partial charge in [-0.05, 0) is 55.6 Å². The van der Waals surface area contributed by atoms with Gasteiger partial charge in [-0.25, -0.2) is 8.42 Å². The first-order chi connectivity index (χ1) is 15.6. The van der Waals surface area contributed by atoms with Gasteiger partial charge >= 0.3 is 0 Å². The summed E-state index contributed by atoms with van der Waals surface area (Å²) in [5.41, 5.74) is 4.45. The second kappa shape index (κ2) is 11.0. The van der Waals surface area contributed by atoms with E-state index in [9.17, 15) is 18.3 Å². The monoisotopic (exact) mass is 475 g/mol. The zero-order chi connectivity index (χ0) is 24.0. The lowest BCUT2D eigenvalue weighted by atomic mass is 9.98. The molecular weight excluding hydrogens is 442 g/mol. The van der Waals surface area contributed by atoms with E-state index in [0.29, 0.717) is 30.8 Å². The van der Waals surface area contributed by atoms with E-state index in [-0.39, 0.29) is 12.5 Å². The Labute approximate surface area is 196 Å². The molecule has 1 atom stereocenters. The van der Waals surface area contributed by atoms with Crippen LogP contribution in [0.1, 0.15) is 30.0 Å². The van der Waals surface area contributed by atoms with Crippen LogP contribution in [0.2, 0.25) is 0 Å². The van der Waals surface area contributed by atoms with Gasteiger partial charge in [0.15, 0.2) is 0 Å². The van der Waals surface area contributed by atoms with Crippen molar-refractivity contribution < 1.29 is 23.1 Å². The van der Waals surface area contributed by atoms with Crippen molar-refractivity contribution in [2.24, 2.45) is 0 Å². The molecule has 0 fully saturated rings. The summed E-state index contributed by atoms with van der Waals surface area (Å²) in [6.45, 7) is 6.21. The number of aliphatic hydroxyl groups excluding tert-OH is 1. The number of carbonyl (C=O) groups is 1. The van der Waals surface area contributed by atoms with Crippen LogP contribution in [-0.2, 0) is 27.7 Å². The van der Waals surface area contributed by atoms with Gasteiger partial charge in [-0.2, -0.15) is 0 Å². The number of hydrogen-bond donors (Lipinski definition) is 3. The Morgan fingerprint density at radius 2 is 1.91 bits per heavy atom. The van der Waals surface area contributed by atoms with Crippen molar-refractivity contribution in [2.75, 3.05) is 42.5 Å². The second-order valence-electron chi connectivity index (χ2n) is 8.46. The van der Waals surface area contributed by atoms with Crippen molar-refractivity contribution in [3.8, 4) is 5.75 Å². The van der Waals surface area contributed by atoms with Crippen LogP contribution in [0.15, 0.2) is 36.4 Å². The molecule has 0 aliphatic carbocycles. The minimum atomic E-state index is -3.29. The predicted octanol–water partition coefficient (Wildman–Crippen LogP) is 2.56. The Balaban J connectivity index is 1.50. The third-order valence-electron chi connectivity index (χ3n) is 5.67. The Hall–Kier alpha value is -2.62. The third-order valence-corrected chi connectivity index (χ3v) is 6.27. The quantitative estimate of drug-likeness (QED) is 0.461. The summed E-state index contributed by atoms with van der Waals surface area (Å²) in [5, 5.41) is 13.5. The number of nitrogens with zero attached hydrogens (tertiary/aromatic N) is 1. The molecule has 3 N–H and O–H groups in total. The second-order valence-corrected chi connectivity index (χ2v) is 10.2. The molecule has 1 aliphatic heterocycles. The van der Waals surface area contributed by atoms with Crippen molar-refractivity contribution in [1.82, 2.24) is 4.90 Å². The Morgan fingerprint density at radius 3 is 2.58 bits per heavy atom. The van der Waals surface area contributed by atoms with E-state index in [4.69, 9.17) is 4.74 Å². The lowest BCUT2D eigenvalue weighted by molar-refractivity contribution is -0.116. The van der Waals surface area contributed by atoms with Crippen molar-refractivity contribution in [1.29, 1.82) is 0 Å². The van der Waals surface area contributed by atoms with Crippen LogP contribution in [0.5, 0.6) is 5.75 Å². The molecule has 0 bridgehead atoms. The Bertz CT molecular complexity index is 1070. The van der Waals surface area contributed by atoms with Gasteiger partial charge in [-0.15, -0.1) is 0 Å². The molecule has 1 heterocycles. The van der Waals surface area contributed by atoms with Crippen LogP contribution >= 0.6 is 0 Å². The van der Waals surface area contributed by atoms with E-state index in [0.717, 1.165) is 48.1 Å². The molecule has 1 unspecified atom stereocenters. The first kappa shape index (κ1) is 25.0. The average Bonchev–Trinajstić information content (AvgIpc) is 2.76. The maximum absolute atomic E-state index is 11.7. The molecule has 0 saturated heterocycles. The number of ether oxygens (including phenoxy) is 1. The van der Waals surface area contributed by atoms with E-state index in [1.54, 1.807) is 12.1 Å². The summed E-state index contributed by atoms with van der Waals surface area (Å²) < 4.78 is 31.0. The molecule has 0 spiro atoms. The fraction of sp³-hybridized carbons (Fsp3) is 0.458. The van der Waals surface area contributed by atoms with Gasteiger partial charge < -0.3 is 20.1 Å². The van der Waals surface area contributed by atoms with Gasteiger partial charge in [0.25, 0.3) is 0 Å².